The topological polar surface area (TPSA) is 47.4 Å². The molecule has 3 rings (SSSR count). The Labute approximate surface area is 123 Å². The first-order chi connectivity index (χ1) is 9.76. The predicted molar refractivity (Wildman–Crippen MR) is 78.5 cm³/mol. The van der Waals surface area contributed by atoms with Gasteiger partial charge >= 0.3 is 0 Å². The zero-order valence-corrected chi connectivity index (χ0v) is 12.6. The van der Waals surface area contributed by atoms with Crippen molar-refractivity contribution in [2.45, 2.75) is 32.0 Å². The monoisotopic (exact) mass is 295 g/mol. The van der Waals surface area contributed by atoms with Gasteiger partial charge < -0.3 is 9.64 Å². The van der Waals surface area contributed by atoms with Gasteiger partial charge in [-0.3, -0.25) is 9.48 Å². The summed E-state index contributed by atoms with van der Waals surface area (Å²) >= 11 is 1.57. The van der Waals surface area contributed by atoms with E-state index in [4.69, 9.17) is 4.74 Å². The highest BCUT2D eigenvalue weighted by Crippen LogP contribution is 2.29. The number of aromatic nitrogens is 2. The van der Waals surface area contributed by atoms with Gasteiger partial charge in [-0.2, -0.15) is 16.9 Å². The predicted octanol–water partition coefficient (Wildman–Crippen LogP) is 1.38. The van der Waals surface area contributed by atoms with Crippen molar-refractivity contribution in [3.8, 4) is 0 Å². The molecule has 0 saturated heterocycles. The molecule has 5 nitrogen and oxygen atoms in total. The lowest BCUT2D eigenvalue weighted by Gasteiger charge is -2.24. The van der Waals surface area contributed by atoms with E-state index in [2.05, 4.69) is 5.10 Å². The summed E-state index contributed by atoms with van der Waals surface area (Å²) in [5.74, 6) is 1.46. The van der Waals surface area contributed by atoms with Gasteiger partial charge in [0.15, 0.2) is 0 Å². The number of rotatable bonds is 5. The third-order valence-electron chi connectivity index (χ3n) is 3.84. The van der Waals surface area contributed by atoms with Gasteiger partial charge in [-0.25, -0.2) is 0 Å². The Morgan fingerprint density at radius 2 is 2.35 bits per heavy atom. The molecule has 0 radical (unpaired) electrons. The first-order valence-electron chi connectivity index (χ1n) is 7.15. The third kappa shape index (κ3) is 3.35. The van der Waals surface area contributed by atoms with E-state index < -0.39 is 0 Å². The van der Waals surface area contributed by atoms with Gasteiger partial charge in [-0.05, 0) is 31.1 Å². The molecule has 110 valence electrons. The summed E-state index contributed by atoms with van der Waals surface area (Å²) in [7, 11) is 0. The second-order valence-corrected chi connectivity index (χ2v) is 6.48. The maximum absolute atomic E-state index is 12.2. The van der Waals surface area contributed by atoms with Crippen LogP contribution >= 0.6 is 11.8 Å². The average molecular weight is 295 g/mol. The molecule has 0 spiro atoms. The molecule has 0 bridgehead atoms. The van der Waals surface area contributed by atoms with E-state index in [1.54, 1.807) is 18.0 Å². The van der Waals surface area contributed by atoms with Crippen molar-refractivity contribution >= 4 is 17.7 Å². The van der Waals surface area contributed by atoms with Gasteiger partial charge in [-0.1, -0.05) is 0 Å². The molecular formula is C14H21N3O2S. The number of amides is 1. The number of thioether (sulfide) groups is 1. The molecule has 2 heterocycles. The molecule has 1 amide bonds. The molecule has 1 aliphatic heterocycles. The number of carbonyl (C=O) groups is 1. The van der Waals surface area contributed by atoms with E-state index in [1.807, 2.05) is 21.9 Å². The molecule has 0 aromatic carbocycles. The molecule has 2 aliphatic rings. The number of nitrogens with zero attached hydrogens (tertiary/aromatic N) is 3. The maximum Gasteiger partial charge on any atom is 0.232 e. The van der Waals surface area contributed by atoms with Crippen LogP contribution in [0.4, 0.5) is 0 Å². The zero-order valence-electron chi connectivity index (χ0n) is 11.8. The number of fused-ring (bicyclic) bond motifs is 1. The van der Waals surface area contributed by atoms with Crippen LogP contribution in [0.25, 0.3) is 0 Å². The first kappa shape index (κ1) is 13.9. The van der Waals surface area contributed by atoms with Crippen LogP contribution in [0.1, 0.15) is 18.5 Å². The van der Waals surface area contributed by atoms with Crippen LogP contribution in [-0.2, 0) is 22.6 Å². The van der Waals surface area contributed by atoms with Crippen molar-refractivity contribution in [1.82, 2.24) is 14.7 Å². The minimum atomic E-state index is 0.0579. The van der Waals surface area contributed by atoms with Gasteiger partial charge in [0.25, 0.3) is 0 Å². The molecule has 1 saturated carbocycles. The fourth-order valence-corrected chi connectivity index (χ4v) is 2.91. The highest BCUT2D eigenvalue weighted by atomic mass is 32.2. The lowest BCUT2D eigenvalue weighted by atomic mass is 10.3. The lowest BCUT2D eigenvalue weighted by molar-refractivity contribution is -0.130. The second-order valence-electron chi connectivity index (χ2n) is 5.61. The Kier molecular flexibility index (Phi) is 4.31. The van der Waals surface area contributed by atoms with E-state index in [-0.39, 0.29) is 12.0 Å². The van der Waals surface area contributed by atoms with Crippen molar-refractivity contribution in [3.05, 3.63) is 18.0 Å². The molecule has 1 aromatic heterocycles. The van der Waals surface area contributed by atoms with Crippen LogP contribution in [0.2, 0.25) is 0 Å². The Morgan fingerprint density at radius 1 is 1.50 bits per heavy atom. The molecule has 20 heavy (non-hydrogen) atoms. The fourth-order valence-electron chi connectivity index (χ4n) is 2.48. The largest absolute Gasteiger partial charge is 0.374 e. The number of ether oxygens (including phenoxy) is 1. The van der Waals surface area contributed by atoms with E-state index >= 15 is 0 Å². The minimum Gasteiger partial charge on any atom is -0.374 e. The quantitative estimate of drug-likeness (QED) is 0.823. The molecule has 0 N–H and O–H groups in total. The number of hydrogen-bond acceptors (Lipinski definition) is 4. The highest BCUT2D eigenvalue weighted by Gasteiger charge is 2.28. The number of hydrogen-bond donors (Lipinski definition) is 0. The lowest BCUT2D eigenvalue weighted by Crippen LogP contribution is -2.38. The molecular weight excluding hydrogens is 274 g/mol. The van der Waals surface area contributed by atoms with E-state index in [0.29, 0.717) is 18.8 Å². The summed E-state index contributed by atoms with van der Waals surface area (Å²) in [5.41, 5.74) is 1.09. The molecule has 1 aliphatic carbocycles. The highest BCUT2D eigenvalue weighted by molar-refractivity contribution is 7.99. The summed E-state index contributed by atoms with van der Waals surface area (Å²) in [6.07, 6.45) is 6.39. The van der Waals surface area contributed by atoms with E-state index in [9.17, 15) is 4.79 Å². The van der Waals surface area contributed by atoms with Gasteiger partial charge in [0.2, 0.25) is 5.91 Å². The summed E-state index contributed by atoms with van der Waals surface area (Å²) in [5, 5.41) is 4.34. The summed E-state index contributed by atoms with van der Waals surface area (Å²) in [6, 6.07) is 1.99. The minimum absolute atomic E-state index is 0.0579. The summed E-state index contributed by atoms with van der Waals surface area (Å²) in [4.78, 5) is 14.1. The van der Waals surface area contributed by atoms with Gasteiger partial charge in [-0.15, -0.1) is 0 Å². The Bertz CT molecular complexity index is 473. The summed E-state index contributed by atoms with van der Waals surface area (Å²) in [6.45, 7) is 2.89. The molecule has 6 heteroatoms. The van der Waals surface area contributed by atoms with Crippen molar-refractivity contribution < 1.29 is 9.53 Å². The van der Waals surface area contributed by atoms with Gasteiger partial charge in [0, 0.05) is 19.3 Å². The van der Waals surface area contributed by atoms with Crippen LogP contribution in [-0.4, -0.2) is 51.9 Å². The van der Waals surface area contributed by atoms with Crippen molar-refractivity contribution in [1.29, 1.82) is 0 Å². The van der Waals surface area contributed by atoms with Crippen LogP contribution in [0.15, 0.2) is 12.3 Å². The van der Waals surface area contributed by atoms with Crippen LogP contribution in [0.5, 0.6) is 0 Å². The SMILES string of the molecule is CSCC(=O)N1Cc2ccnn2C[C@@H](OCC2CC2)C1. The van der Waals surface area contributed by atoms with Crippen LogP contribution in [0, 0.1) is 5.92 Å². The molecule has 0 unspecified atom stereocenters. The number of carbonyl (C=O) groups excluding carboxylic acids is 1. The molecule has 1 aromatic rings. The zero-order chi connectivity index (χ0) is 13.9. The van der Waals surface area contributed by atoms with E-state index in [1.165, 1.54) is 12.8 Å². The Balaban J connectivity index is 1.69. The Morgan fingerprint density at radius 3 is 3.10 bits per heavy atom. The normalized spacial score (nSPS) is 22.4. The van der Waals surface area contributed by atoms with Gasteiger partial charge in [0.05, 0.1) is 30.6 Å². The smallest absolute Gasteiger partial charge is 0.232 e. The molecule has 1 fully saturated rings. The van der Waals surface area contributed by atoms with Gasteiger partial charge in [0.1, 0.15) is 0 Å². The van der Waals surface area contributed by atoms with Crippen LogP contribution in [0.3, 0.4) is 0 Å². The average Bonchev–Trinajstić information content (AvgIpc) is 3.20. The second kappa shape index (κ2) is 6.18. The Hall–Kier alpha value is -1.01. The first-order valence-corrected chi connectivity index (χ1v) is 8.54. The fraction of sp³-hybridized carbons (Fsp3) is 0.714. The van der Waals surface area contributed by atoms with E-state index in [0.717, 1.165) is 24.8 Å². The summed E-state index contributed by atoms with van der Waals surface area (Å²) < 4.78 is 7.99. The van der Waals surface area contributed by atoms with Crippen molar-refractivity contribution in [2.75, 3.05) is 25.2 Å². The third-order valence-corrected chi connectivity index (χ3v) is 4.38. The molecule has 1 atom stereocenters. The van der Waals surface area contributed by atoms with Crippen molar-refractivity contribution in [2.24, 2.45) is 5.92 Å². The maximum atomic E-state index is 12.2. The van der Waals surface area contributed by atoms with Crippen LogP contribution < -0.4 is 0 Å². The standard InChI is InChI=1S/C14H21N3O2S/c1-20-10-14(18)16-6-12-4-5-15-17(12)8-13(7-16)19-9-11-2-3-11/h4-5,11,13H,2-3,6-10H2,1H3/t13-/m0/s1. The van der Waals surface area contributed by atoms with Crippen molar-refractivity contribution in [3.63, 3.8) is 0 Å².